The van der Waals surface area contributed by atoms with Gasteiger partial charge in [-0.15, -0.1) is 0 Å². The molecule has 0 radical (unpaired) electrons. The second-order valence-electron chi connectivity index (χ2n) is 6.39. The number of halogens is 1. The molecule has 5 heteroatoms. The maximum atomic E-state index is 13.1. The molecule has 0 aliphatic heterocycles. The van der Waals surface area contributed by atoms with Gasteiger partial charge in [0.25, 0.3) is 0 Å². The van der Waals surface area contributed by atoms with Crippen LogP contribution in [0.2, 0.25) is 0 Å². The molecule has 0 atom stereocenters. The summed E-state index contributed by atoms with van der Waals surface area (Å²) >= 11 is 0. The fraction of sp³-hybridized carbons (Fsp3) is 0.421. The van der Waals surface area contributed by atoms with E-state index in [1.807, 2.05) is 0 Å². The number of carbonyl (C=O) groups is 1. The van der Waals surface area contributed by atoms with Crippen molar-refractivity contribution in [1.82, 2.24) is 4.90 Å². The van der Waals surface area contributed by atoms with Crippen molar-refractivity contribution in [3.63, 3.8) is 0 Å². The van der Waals surface area contributed by atoms with E-state index < -0.39 is 5.97 Å². The standard InChI is InChI=1S/C19H22FNO3/c20-15-8-6-14(7-9-15)12-21(16-4-2-1-3-5-16)13-17-10-11-18(24-17)19(22)23/h6-11,16H,1-5,12-13H2,(H,22,23). The number of aromatic carboxylic acids is 1. The minimum Gasteiger partial charge on any atom is -0.475 e. The van der Waals surface area contributed by atoms with Crippen molar-refractivity contribution in [1.29, 1.82) is 0 Å². The predicted molar refractivity (Wildman–Crippen MR) is 88.2 cm³/mol. The van der Waals surface area contributed by atoms with E-state index in [1.54, 1.807) is 18.2 Å². The van der Waals surface area contributed by atoms with Gasteiger partial charge in [0.1, 0.15) is 11.6 Å². The number of hydrogen-bond donors (Lipinski definition) is 1. The number of hydrogen-bond acceptors (Lipinski definition) is 3. The highest BCUT2D eigenvalue weighted by Crippen LogP contribution is 2.26. The van der Waals surface area contributed by atoms with E-state index >= 15 is 0 Å². The lowest BCUT2D eigenvalue weighted by Crippen LogP contribution is -2.35. The first-order chi connectivity index (χ1) is 11.6. The molecule has 1 aromatic carbocycles. The zero-order valence-corrected chi connectivity index (χ0v) is 13.6. The van der Waals surface area contributed by atoms with E-state index in [1.165, 1.54) is 37.5 Å². The lowest BCUT2D eigenvalue weighted by Gasteiger charge is -2.33. The number of rotatable bonds is 6. The first kappa shape index (κ1) is 16.7. The third kappa shape index (κ3) is 4.23. The first-order valence-electron chi connectivity index (χ1n) is 8.42. The Hall–Kier alpha value is -2.14. The van der Waals surface area contributed by atoms with Crippen molar-refractivity contribution in [3.8, 4) is 0 Å². The van der Waals surface area contributed by atoms with Crippen molar-refractivity contribution in [2.75, 3.05) is 0 Å². The van der Waals surface area contributed by atoms with Crippen LogP contribution in [0.4, 0.5) is 4.39 Å². The third-order valence-corrected chi connectivity index (χ3v) is 4.62. The van der Waals surface area contributed by atoms with Crippen LogP contribution in [0.25, 0.3) is 0 Å². The minimum atomic E-state index is -1.05. The van der Waals surface area contributed by atoms with Gasteiger partial charge in [0, 0.05) is 12.6 Å². The number of furan rings is 1. The Bertz CT molecular complexity index is 674. The van der Waals surface area contributed by atoms with Crippen LogP contribution in [-0.4, -0.2) is 22.0 Å². The Labute approximate surface area is 140 Å². The fourth-order valence-corrected chi connectivity index (χ4v) is 3.36. The van der Waals surface area contributed by atoms with Gasteiger partial charge >= 0.3 is 5.97 Å². The Balaban J connectivity index is 1.75. The molecule has 1 fully saturated rings. The second-order valence-corrected chi connectivity index (χ2v) is 6.39. The molecule has 2 aromatic rings. The SMILES string of the molecule is O=C(O)c1ccc(CN(Cc2ccc(F)cc2)C2CCCCC2)o1. The molecule has 1 N–H and O–H groups in total. The zero-order chi connectivity index (χ0) is 16.9. The molecular weight excluding hydrogens is 309 g/mol. The van der Waals surface area contributed by atoms with Crippen molar-refractivity contribution in [3.05, 3.63) is 59.3 Å². The summed E-state index contributed by atoms with van der Waals surface area (Å²) in [6.45, 7) is 1.27. The molecule has 1 aromatic heterocycles. The molecule has 1 aliphatic carbocycles. The maximum absolute atomic E-state index is 13.1. The largest absolute Gasteiger partial charge is 0.475 e. The van der Waals surface area contributed by atoms with E-state index in [0.29, 0.717) is 24.9 Å². The lowest BCUT2D eigenvalue weighted by atomic mass is 9.93. The van der Waals surface area contributed by atoms with Crippen LogP contribution in [0.3, 0.4) is 0 Å². The summed E-state index contributed by atoms with van der Waals surface area (Å²) in [5, 5.41) is 9.00. The quantitative estimate of drug-likeness (QED) is 0.849. The minimum absolute atomic E-state index is 0.0321. The first-order valence-corrected chi connectivity index (χ1v) is 8.42. The van der Waals surface area contributed by atoms with E-state index in [0.717, 1.165) is 18.4 Å². The van der Waals surface area contributed by atoms with Crippen LogP contribution < -0.4 is 0 Å². The van der Waals surface area contributed by atoms with Gasteiger partial charge in [-0.05, 0) is 42.7 Å². The van der Waals surface area contributed by atoms with Gasteiger partial charge in [-0.1, -0.05) is 31.4 Å². The van der Waals surface area contributed by atoms with Gasteiger partial charge < -0.3 is 9.52 Å². The molecule has 1 saturated carbocycles. The van der Waals surface area contributed by atoms with E-state index in [4.69, 9.17) is 9.52 Å². The van der Waals surface area contributed by atoms with Crippen LogP contribution in [0, 0.1) is 5.82 Å². The Morgan fingerprint density at radius 2 is 1.79 bits per heavy atom. The van der Waals surface area contributed by atoms with Crippen LogP contribution in [0.15, 0.2) is 40.8 Å². The normalized spacial score (nSPS) is 15.8. The van der Waals surface area contributed by atoms with Crippen molar-refractivity contribution < 1.29 is 18.7 Å². The van der Waals surface area contributed by atoms with E-state index in [-0.39, 0.29) is 11.6 Å². The molecule has 0 unspecified atom stereocenters. The molecule has 0 saturated heterocycles. The summed E-state index contributed by atoms with van der Waals surface area (Å²) < 4.78 is 18.5. The van der Waals surface area contributed by atoms with Crippen LogP contribution in [0.1, 0.15) is 54.0 Å². The van der Waals surface area contributed by atoms with Gasteiger partial charge in [0.05, 0.1) is 6.54 Å². The summed E-state index contributed by atoms with van der Waals surface area (Å²) in [4.78, 5) is 13.3. The smallest absolute Gasteiger partial charge is 0.371 e. The van der Waals surface area contributed by atoms with Crippen molar-refractivity contribution in [2.24, 2.45) is 0 Å². The molecule has 4 nitrogen and oxygen atoms in total. The molecule has 0 spiro atoms. The van der Waals surface area contributed by atoms with Gasteiger partial charge in [-0.3, -0.25) is 4.90 Å². The molecule has 1 aliphatic rings. The van der Waals surface area contributed by atoms with Crippen molar-refractivity contribution in [2.45, 2.75) is 51.2 Å². The Kier molecular flexibility index (Phi) is 5.30. The summed E-state index contributed by atoms with van der Waals surface area (Å²) in [5.41, 5.74) is 1.05. The zero-order valence-electron chi connectivity index (χ0n) is 13.6. The summed E-state index contributed by atoms with van der Waals surface area (Å²) in [5.74, 6) is -0.667. The third-order valence-electron chi connectivity index (χ3n) is 4.62. The Morgan fingerprint density at radius 1 is 1.08 bits per heavy atom. The average Bonchev–Trinajstić information content (AvgIpc) is 3.06. The van der Waals surface area contributed by atoms with Crippen LogP contribution >= 0.6 is 0 Å². The molecule has 1 heterocycles. The van der Waals surface area contributed by atoms with Gasteiger partial charge in [0.15, 0.2) is 0 Å². The van der Waals surface area contributed by atoms with E-state index in [9.17, 15) is 9.18 Å². The van der Waals surface area contributed by atoms with E-state index in [2.05, 4.69) is 4.90 Å². The fourth-order valence-electron chi connectivity index (χ4n) is 3.36. The number of carboxylic acid groups (broad SMARTS) is 1. The molecule has 24 heavy (non-hydrogen) atoms. The number of benzene rings is 1. The number of nitrogens with zero attached hydrogens (tertiary/aromatic N) is 1. The van der Waals surface area contributed by atoms with Crippen LogP contribution in [0.5, 0.6) is 0 Å². The predicted octanol–water partition coefficient (Wildman–Crippen LogP) is 4.45. The van der Waals surface area contributed by atoms with Gasteiger partial charge in [-0.25, -0.2) is 9.18 Å². The molecular formula is C19H22FNO3. The Morgan fingerprint density at radius 3 is 2.42 bits per heavy atom. The maximum Gasteiger partial charge on any atom is 0.371 e. The average molecular weight is 331 g/mol. The molecule has 3 rings (SSSR count). The lowest BCUT2D eigenvalue weighted by molar-refractivity contribution is 0.0655. The second kappa shape index (κ2) is 7.62. The summed E-state index contributed by atoms with van der Waals surface area (Å²) in [6, 6.07) is 10.2. The summed E-state index contributed by atoms with van der Waals surface area (Å²) in [7, 11) is 0. The molecule has 128 valence electrons. The highest BCUT2D eigenvalue weighted by atomic mass is 19.1. The van der Waals surface area contributed by atoms with Crippen LogP contribution in [-0.2, 0) is 13.1 Å². The molecule has 0 amide bonds. The van der Waals surface area contributed by atoms with Gasteiger partial charge in [-0.2, -0.15) is 0 Å². The highest BCUT2D eigenvalue weighted by molar-refractivity contribution is 5.84. The van der Waals surface area contributed by atoms with Crippen molar-refractivity contribution >= 4 is 5.97 Å². The highest BCUT2D eigenvalue weighted by Gasteiger charge is 2.23. The monoisotopic (exact) mass is 331 g/mol. The molecule has 0 bridgehead atoms. The summed E-state index contributed by atoms with van der Waals surface area (Å²) in [6.07, 6.45) is 5.96. The van der Waals surface area contributed by atoms with Gasteiger partial charge in [0.2, 0.25) is 5.76 Å². The number of carboxylic acids is 1. The topological polar surface area (TPSA) is 53.7 Å².